The minimum atomic E-state index is -0.564. The lowest BCUT2D eigenvalue weighted by molar-refractivity contribution is 0.0403. The highest BCUT2D eigenvalue weighted by atomic mass is 16.6. The number of likely N-dealkylation sites (N-methyl/N-ethyl adjacent to an activating group) is 1. The minimum Gasteiger partial charge on any atom is -0.389 e. The predicted molar refractivity (Wildman–Crippen MR) is 65.2 cm³/mol. The van der Waals surface area contributed by atoms with Crippen molar-refractivity contribution in [3.05, 3.63) is 29.8 Å². The first-order chi connectivity index (χ1) is 7.67. The molecular formula is C12H20N2O2. The number of rotatable bonds is 6. The summed E-state index contributed by atoms with van der Waals surface area (Å²) in [4.78, 5) is 6.53. The zero-order valence-electron chi connectivity index (χ0n) is 9.89. The van der Waals surface area contributed by atoms with Gasteiger partial charge in [-0.05, 0) is 31.5 Å². The molecule has 0 saturated heterocycles. The van der Waals surface area contributed by atoms with E-state index in [9.17, 15) is 5.11 Å². The molecule has 4 nitrogen and oxygen atoms in total. The average molecular weight is 224 g/mol. The second-order valence-electron chi connectivity index (χ2n) is 3.86. The maximum atomic E-state index is 9.63. The third-order valence-corrected chi connectivity index (χ3v) is 2.47. The molecule has 1 unspecified atom stereocenters. The van der Waals surface area contributed by atoms with Gasteiger partial charge in [-0.2, -0.15) is 0 Å². The number of nitrogens with two attached hydrogens (primary N) is 1. The van der Waals surface area contributed by atoms with Gasteiger partial charge in [0, 0.05) is 18.8 Å². The normalized spacial score (nSPS) is 12.5. The summed E-state index contributed by atoms with van der Waals surface area (Å²) in [7, 11) is 0. The van der Waals surface area contributed by atoms with Gasteiger partial charge in [0.25, 0.3) is 0 Å². The lowest BCUT2D eigenvalue weighted by atomic mass is 10.2. The van der Waals surface area contributed by atoms with Crippen LogP contribution in [-0.2, 0) is 4.84 Å². The molecule has 90 valence electrons. The van der Waals surface area contributed by atoms with Gasteiger partial charge in [0.15, 0.2) is 0 Å². The Balaban J connectivity index is 2.67. The molecule has 0 radical (unpaired) electrons. The first-order valence-corrected chi connectivity index (χ1v) is 5.48. The third-order valence-electron chi connectivity index (χ3n) is 2.47. The van der Waals surface area contributed by atoms with E-state index in [-0.39, 0.29) is 6.61 Å². The Bertz CT molecular complexity index is 318. The van der Waals surface area contributed by atoms with Gasteiger partial charge in [0.05, 0.1) is 12.7 Å². The van der Waals surface area contributed by atoms with E-state index in [4.69, 9.17) is 5.90 Å². The Morgan fingerprint density at radius 3 is 2.81 bits per heavy atom. The molecule has 0 amide bonds. The fourth-order valence-corrected chi connectivity index (χ4v) is 1.66. The van der Waals surface area contributed by atoms with Crippen LogP contribution in [0.1, 0.15) is 12.5 Å². The van der Waals surface area contributed by atoms with Gasteiger partial charge in [-0.1, -0.05) is 12.1 Å². The van der Waals surface area contributed by atoms with Crippen LogP contribution in [0.25, 0.3) is 0 Å². The van der Waals surface area contributed by atoms with Crippen LogP contribution in [0, 0.1) is 6.92 Å². The minimum absolute atomic E-state index is 0.155. The van der Waals surface area contributed by atoms with Crippen LogP contribution in [0.15, 0.2) is 24.3 Å². The summed E-state index contributed by atoms with van der Waals surface area (Å²) in [5, 5.41) is 9.63. The van der Waals surface area contributed by atoms with E-state index in [2.05, 4.69) is 35.7 Å². The highest BCUT2D eigenvalue weighted by Crippen LogP contribution is 2.15. The standard InChI is InChI=1S/C12H20N2O2/c1-3-14(8-12(15)9-16-13)11-6-4-5-10(2)7-11/h4-7,12,15H,3,8-9,13H2,1-2H3. The molecule has 16 heavy (non-hydrogen) atoms. The topological polar surface area (TPSA) is 58.7 Å². The first kappa shape index (κ1) is 13.0. The highest BCUT2D eigenvalue weighted by Gasteiger charge is 2.10. The Hall–Kier alpha value is -1.10. The first-order valence-electron chi connectivity index (χ1n) is 5.48. The number of aliphatic hydroxyl groups is 1. The molecule has 0 saturated carbocycles. The summed E-state index contributed by atoms with van der Waals surface area (Å²) in [5.74, 6) is 4.93. The van der Waals surface area contributed by atoms with E-state index in [0.717, 1.165) is 12.2 Å². The number of anilines is 1. The van der Waals surface area contributed by atoms with Gasteiger partial charge in [-0.3, -0.25) is 0 Å². The summed E-state index contributed by atoms with van der Waals surface area (Å²) < 4.78 is 0. The third kappa shape index (κ3) is 3.81. The average Bonchev–Trinajstić information content (AvgIpc) is 2.26. The molecule has 0 aliphatic heterocycles. The van der Waals surface area contributed by atoms with E-state index in [1.807, 2.05) is 12.1 Å². The maximum Gasteiger partial charge on any atom is 0.0967 e. The summed E-state index contributed by atoms with van der Waals surface area (Å²) in [6.45, 7) is 5.62. The zero-order chi connectivity index (χ0) is 12.0. The molecule has 3 N–H and O–H groups in total. The molecule has 0 aliphatic carbocycles. The van der Waals surface area contributed by atoms with E-state index >= 15 is 0 Å². The van der Waals surface area contributed by atoms with E-state index < -0.39 is 6.10 Å². The van der Waals surface area contributed by atoms with Crippen molar-refractivity contribution in [1.29, 1.82) is 0 Å². The Labute approximate surface area is 96.6 Å². The van der Waals surface area contributed by atoms with Crippen molar-refractivity contribution in [2.75, 3.05) is 24.6 Å². The second kappa shape index (κ2) is 6.48. The molecule has 1 rings (SSSR count). The SMILES string of the molecule is CCN(CC(O)CON)c1cccc(C)c1. The van der Waals surface area contributed by atoms with Crippen LogP contribution >= 0.6 is 0 Å². The maximum absolute atomic E-state index is 9.63. The highest BCUT2D eigenvalue weighted by molar-refractivity contribution is 5.48. The summed E-state index contributed by atoms with van der Waals surface area (Å²) in [6, 6.07) is 8.20. The van der Waals surface area contributed by atoms with E-state index in [0.29, 0.717) is 6.54 Å². The molecule has 1 atom stereocenters. The van der Waals surface area contributed by atoms with Gasteiger partial charge < -0.3 is 14.8 Å². The zero-order valence-corrected chi connectivity index (χ0v) is 9.89. The van der Waals surface area contributed by atoms with Crippen molar-refractivity contribution in [2.24, 2.45) is 5.90 Å². The van der Waals surface area contributed by atoms with Crippen LogP contribution in [0.4, 0.5) is 5.69 Å². The van der Waals surface area contributed by atoms with Crippen molar-refractivity contribution in [1.82, 2.24) is 0 Å². The molecule has 0 aromatic heterocycles. The van der Waals surface area contributed by atoms with Gasteiger partial charge in [0.2, 0.25) is 0 Å². The quantitative estimate of drug-likeness (QED) is 0.710. The number of hydrogen-bond donors (Lipinski definition) is 2. The number of nitrogens with zero attached hydrogens (tertiary/aromatic N) is 1. The smallest absolute Gasteiger partial charge is 0.0967 e. The lowest BCUT2D eigenvalue weighted by Crippen LogP contribution is -2.35. The molecule has 0 spiro atoms. The van der Waals surface area contributed by atoms with Crippen LogP contribution in [-0.4, -0.2) is 30.9 Å². The number of benzene rings is 1. The fourth-order valence-electron chi connectivity index (χ4n) is 1.66. The van der Waals surface area contributed by atoms with Crippen LogP contribution in [0.3, 0.4) is 0 Å². The molecule has 1 aromatic carbocycles. The predicted octanol–water partition coefficient (Wildman–Crippen LogP) is 1.07. The van der Waals surface area contributed by atoms with Crippen molar-refractivity contribution >= 4 is 5.69 Å². The van der Waals surface area contributed by atoms with Crippen LogP contribution in [0.5, 0.6) is 0 Å². The lowest BCUT2D eigenvalue weighted by Gasteiger charge is -2.25. The number of aryl methyl sites for hydroxylation is 1. The molecule has 0 heterocycles. The van der Waals surface area contributed by atoms with Gasteiger partial charge in [-0.25, -0.2) is 5.90 Å². The summed E-state index contributed by atoms with van der Waals surface area (Å²) in [5.41, 5.74) is 2.32. The largest absolute Gasteiger partial charge is 0.389 e. The molecular weight excluding hydrogens is 204 g/mol. The Morgan fingerprint density at radius 2 is 2.25 bits per heavy atom. The van der Waals surface area contributed by atoms with Gasteiger partial charge >= 0.3 is 0 Å². The Kier molecular flexibility index (Phi) is 5.25. The van der Waals surface area contributed by atoms with Gasteiger partial charge in [0.1, 0.15) is 0 Å². The molecule has 0 bridgehead atoms. The van der Waals surface area contributed by atoms with E-state index in [1.54, 1.807) is 0 Å². The molecule has 0 aliphatic rings. The van der Waals surface area contributed by atoms with Crippen molar-refractivity contribution < 1.29 is 9.94 Å². The second-order valence-corrected chi connectivity index (χ2v) is 3.86. The van der Waals surface area contributed by atoms with Crippen molar-refractivity contribution in [3.8, 4) is 0 Å². The van der Waals surface area contributed by atoms with Gasteiger partial charge in [-0.15, -0.1) is 0 Å². The monoisotopic (exact) mass is 224 g/mol. The summed E-state index contributed by atoms with van der Waals surface area (Å²) >= 11 is 0. The number of aliphatic hydroxyl groups excluding tert-OH is 1. The summed E-state index contributed by atoms with van der Waals surface area (Å²) in [6.07, 6.45) is -0.564. The van der Waals surface area contributed by atoms with Crippen LogP contribution in [0.2, 0.25) is 0 Å². The Morgan fingerprint density at radius 1 is 1.50 bits per heavy atom. The molecule has 0 fully saturated rings. The molecule has 4 heteroatoms. The molecule has 1 aromatic rings. The number of hydrogen-bond acceptors (Lipinski definition) is 4. The van der Waals surface area contributed by atoms with Crippen molar-refractivity contribution in [3.63, 3.8) is 0 Å². The van der Waals surface area contributed by atoms with Crippen molar-refractivity contribution in [2.45, 2.75) is 20.0 Å². The van der Waals surface area contributed by atoms with E-state index in [1.165, 1.54) is 5.56 Å². The van der Waals surface area contributed by atoms with Crippen LogP contribution < -0.4 is 10.8 Å². The fraction of sp³-hybridized carbons (Fsp3) is 0.500.